The van der Waals surface area contributed by atoms with Gasteiger partial charge in [-0.15, -0.1) is 12.4 Å². The fourth-order valence-corrected chi connectivity index (χ4v) is 2.34. The molecule has 1 aromatic carbocycles. The fraction of sp³-hybridized carbons (Fsp3) is 0.357. The zero-order valence-electron chi connectivity index (χ0n) is 12.7. The highest BCUT2D eigenvalue weighted by molar-refractivity contribution is 5.95. The van der Waals surface area contributed by atoms with E-state index in [1.807, 2.05) is 0 Å². The van der Waals surface area contributed by atoms with Crippen LogP contribution in [0.1, 0.15) is 23.2 Å². The van der Waals surface area contributed by atoms with Gasteiger partial charge in [-0.05, 0) is 30.9 Å². The van der Waals surface area contributed by atoms with Crippen molar-refractivity contribution in [3.05, 3.63) is 46.5 Å². The smallest absolute Gasteiger partial charge is 0.295 e. The van der Waals surface area contributed by atoms with Gasteiger partial charge in [0.15, 0.2) is 0 Å². The van der Waals surface area contributed by atoms with E-state index in [9.17, 15) is 14.9 Å². The number of nitro benzene ring substituents is 1. The number of rotatable bonds is 6. The SMILES string of the molecule is Cl.NC(CNC(=O)c1ccc(-n2cncn2)c([N+](=O)[O-])c1)C1CC1. The summed E-state index contributed by atoms with van der Waals surface area (Å²) in [6.45, 7) is 0.363. The van der Waals surface area contributed by atoms with E-state index in [0.717, 1.165) is 12.8 Å². The Morgan fingerprint density at radius 3 is 2.83 bits per heavy atom. The number of aromatic nitrogens is 3. The van der Waals surface area contributed by atoms with Crippen LogP contribution in [0.4, 0.5) is 5.69 Å². The summed E-state index contributed by atoms with van der Waals surface area (Å²) in [5, 5.41) is 17.8. The average Bonchev–Trinajstić information content (AvgIpc) is 3.26. The van der Waals surface area contributed by atoms with Gasteiger partial charge < -0.3 is 11.1 Å². The van der Waals surface area contributed by atoms with Crippen molar-refractivity contribution in [3.8, 4) is 5.69 Å². The molecular formula is C14H17ClN6O3. The molecule has 1 saturated carbocycles. The number of benzene rings is 1. The van der Waals surface area contributed by atoms with E-state index in [-0.39, 0.29) is 41.3 Å². The molecule has 128 valence electrons. The molecule has 1 unspecified atom stereocenters. The van der Waals surface area contributed by atoms with Crippen LogP contribution in [0.5, 0.6) is 0 Å². The molecule has 0 aliphatic heterocycles. The summed E-state index contributed by atoms with van der Waals surface area (Å²) < 4.78 is 1.28. The van der Waals surface area contributed by atoms with Gasteiger partial charge in [0, 0.05) is 24.2 Å². The van der Waals surface area contributed by atoms with Crippen molar-refractivity contribution in [1.82, 2.24) is 20.1 Å². The van der Waals surface area contributed by atoms with Crippen LogP contribution >= 0.6 is 12.4 Å². The lowest BCUT2D eigenvalue weighted by Crippen LogP contribution is -2.38. The first-order valence-electron chi connectivity index (χ1n) is 7.23. The van der Waals surface area contributed by atoms with Gasteiger partial charge in [0.2, 0.25) is 0 Å². The van der Waals surface area contributed by atoms with Crippen LogP contribution in [-0.4, -0.2) is 38.2 Å². The largest absolute Gasteiger partial charge is 0.350 e. The summed E-state index contributed by atoms with van der Waals surface area (Å²) in [6, 6.07) is 4.16. The number of amides is 1. The molecule has 24 heavy (non-hydrogen) atoms. The summed E-state index contributed by atoms with van der Waals surface area (Å²) in [5.41, 5.74) is 6.18. The second-order valence-corrected chi connectivity index (χ2v) is 5.51. The van der Waals surface area contributed by atoms with Gasteiger partial charge in [-0.1, -0.05) is 0 Å². The molecule has 1 aromatic heterocycles. The van der Waals surface area contributed by atoms with Gasteiger partial charge in [-0.25, -0.2) is 9.67 Å². The Morgan fingerprint density at radius 2 is 2.25 bits per heavy atom. The molecule has 0 radical (unpaired) electrons. The van der Waals surface area contributed by atoms with E-state index >= 15 is 0 Å². The van der Waals surface area contributed by atoms with Crippen molar-refractivity contribution < 1.29 is 9.72 Å². The number of nitrogens with two attached hydrogens (primary N) is 1. The molecule has 10 heteroatoms. The minimum absolute atomic E-state index is 0. The lowest BCUT2D eigenvalue weighted by molar-refractivity contribution is -0.384. The van der Waals surface area contributed by atoms with Crippen LogP contribution in [0, 0.1) is 16.0 Å². The van der Waals surface area contributed by atoms with Crippen molar-refractivity contribution in [1.29, 1.82) is 0 Å². The van der Waals surface area contributed by atoms with E-state index < -0.39 is 4.92 Å². The van der Waals surface area contributed by atoms with E-state index in [1.54, 1.807) is 0 Å². The van der Waals surface area contributed by atoms with Crippen molar-refractivity contribution in [2.45, 2.75) is 18.9 Å². The fourth-order valence-electron chi connectivity index (χ4n) is 2.34. The quantitative estimate of drug-likeness (QED) is 0.590. The number of carbonyl (C=O) groups is 1. The summed E-state index contributed by atoms with van der Waals surface area (Å²) >= 11 is 0. The molecule has 1 fully saturated rings. The number of nitro groups is 1. The number of nitrogens with zero attached hydrogens (tertiary/aromatic N) is 4. The zero-order valence-corrected chi connectivity index (χ0v) is 13.5. The molecule has 1 aliphatic carbocycles. The first-order chi connectivity index (χ1) is 11.1. The molecule has 1 heterocycles. The number of hydrogen-bond acceptors (Lipinski definition) is 6. The molecule has 0 saturated heterocycles. The highest BCUT2D eigenvalue weighted by atomic mass is 35.5. The third-order valence-corrected chi connectivity index (χ3v) is 3.83. The molecule has 2 aromatic rings. The predicted octanol–water partition coefficient (Wildman–Crippen LogP) is 1.06. The minimum atomic E-state index is -0.552. The van der Waals surface area contributed by atoms with Crippen molar-refractivity contribution in [2.24, 2.45) is 11.7 Å². The first kappa shape index (κ1) is 17.8. The van der Waals surface area contributed by atoms with Crippen LogP contribution in [-0.2, 0) is 0 Å². The monoisotopic (exact) mass is 352 g/mol. The van der Waals surface area contributed by atoms with E-state index in [2.05, 4.69) is 15.4 Å². The van der Waals surface area contributed by atoms with Crippen LogP contribution in [0.3, 0.4) is 0 Å². The zero-order chi connectivity index (χ0) is 16.4. The standard InChI is InChI=1S/C14H16N6O3.ClH/c15-11(9-1-2-9)6-17-14(21)10-3-4-12(13(5-10)20(22)23)19-8-16-7-18-19;/h3-5,7-9,11H,1-2,6,15H2,(H,17,21);1H. The van der Waals surface area contributed by atoms with Gasteiger partial charge in [0.25, 0.3) is 11.6 Å². The maximum atomic E-state index is 12.1. The highest BCUT2D eigenvalue weighted by Gasteiger charge is 2.28. The van der Waals surface area contributed by atoms with Crippen LogP contribution in [0.2, 0.25) is 0 Å². The first-order valence-corrected chi connectivity index (χ1v) is 7.23. The van der Waals surface area contributed by atoms with Crippen molar-refractivity contribution >= 4 is 24.0 Å². The highest BCUT2D eigenvalue weighted by Crippen LogP contribution is 2.31. The van der Waals surface area contributed by atoms with E-state index in [1.165, 1.54) is 35.5 Å². The summed E-state index contributed by atoms with van der Waals surface area (Å²) in [7, 11) is 0. The molecular weight excluding hydrogens is 336 g/mol. The predicted molar refractivity (Wildman–Crippen MR) is 88.3 cm³/mol. The van der Waals surface area contributed by atoms with E-state index in [4.69, 9.17) is 5.73 Å². The Labute approximate surface area is 143 Å². The molecule has 3 rings (SSSR count). The Hall–Kier alpha value is -2.52. The van der Waals surface area contributed by atoms with Crippen molar-refractivity contribution in [3.63, 3.8) is 0 Å². The molecule has 0 bridgehead atoms. The molecule has 9 nitrogen and oxygen atoms in total. The third kappa shape index (κ3) is 3.87. The average molecular weight is 353 g/mol. The Bertz CT molecular complexity index is 732. The van der Waals surface area contributed by atoms with Gasteiger partial charge in [0.1, 0.15) is 18.3 Å². The summed E-state index contributed by atoms with van der Waals surface area (Å²) in [6.07, 6.45) is 4.82. The number of nitrogens with one attached hydrogen (secondary N) is 1. The maximum Gasteiger partial charge on any atom is 0.295 e. The Balaban J connectivity index is 0.00000208. The van der Waals surface area contributed by atoms with Crippen LogP contribution in [0.25, 0.3) is 5.69 Å². The third-order valence-electron chi connectivity index (χ3n) is 3.83. The van der Waals surface area contributed by atoms with Crippen molar-refractivity contribution in [2.75, 3.05) is 6.54 Å². The normalized spacial score (nSPS) is 14.5. The topological polar surface area (TPSA) is 129 Å². The van der Waals surface area contributed by atoms with E-state index in [0.29, 0.717) is 12.5 Å². The summed E-state index contributed by atoms with van der Waals surface area (Å²) in [5.74, 6) is 0.0914. The number of hydrogen-bond donors (Lipinski definition) is 2. The van der Waals surface area contributed by atoms with Crippen LogP contribution < -0.4 is 11.1 Å². The summed E-state index contributed by atoms with van der Waals surface area (Å²) in [4.78, 5) is 26.6. The molecule has 1 atom stereocenters. The lowest BCUT2D eigenvalue weighted by atomic mass is 10.1. The van der Waals surface area contributed by atoms with Crippen LogP contribution in [0.15, 0.2) is 30.9 Å². The Kier molecular flexibility index (Phi) is 5.47. The minimum Gasteiger partial charge on any atom is -0.350 e. The maximum absolute atomic E-state index is 12.1. The van der Waals surface area contributed by atoms with Gasteiger partial charge in [-0.3, -0.25) is 14.9 Å². The second-order valence-electron chi connectivity index (χ2n) is 5.51. The van der Waals surface area contributed by atoms with Gasteiger partial charge in [0.05, 0.1) is 4.92 Å². The van der Waals surface area contributed by atoms with Gasteiger partial charge >= 0.3 is 0 Å². The lowest BCUT2D eigenvalue weighted by Gasteiger charge is -2.12. The number of halogens is 1. The Morgan fingerprint density at radius 1 is 1.50 bits per heavy atom. The molecule has 0 spiro atoms. The molecule has 3 N–H and O–H groups in total. The molecule has 1 aliphatic rings. The number of carbonyl (C=O) groups excluding carboxylic acids is 1. The second kappa shape index (κ2) is 7.37. The molecule has 1 amide bonds. The van der Waals surface area contributed by atoms with Gasteiger partial charge in [-0.2, -0.15) is 5.10 Å².